The standard InChI is InChI=1S/C28H25N7O7S2/c1-16(2)24-25(29-19-9-11-21(12-10-19)34(3)4)27-31-26(33-35(27)32-24)17-5-7-20(8-6-17)30-28(36)18-13-22(43(37,38)39)15-23(14-18)44(40,41)42/h5-15H,1H2,2-4H3,(H,30,36)(H,37,38,39)(H,40,41,42)/b29-25-. The van der Waals surface area contributed by atoms with E-state index >= 15 is 0 Å². The summed E-state index contributed by atoms with van der Waals surface area (Å²) in [7, 11) is -5.87. The molecule has 14 nitrogen and oxygen atoms in total. The van der Waals surface area contributed by atoms with Gasteiger partial charge in [0.2, 0.25) is 5.82 Å². The Morgan fingerprint density at radius 3 is 2.05 bits per heavy atom. The topological polar surface area (TPSA) is 197 Å². The minimum atomic E-state index is -4.88. The Morgan fingerprint density at radius 2 is 1.52 bits per heavy atom. The molecule has 0 saturated carbocycles. The highest BCUT2D eigenvalue weighted by Gasteiger charge is 2.28. The van der Waals surface area contributed by atoms with Crippen LogP contribution in [0, 0.1) is 0 Å². The molecule has 3 aromatic carbocycles. The molecule has 4 aromatic rings. The van der Waals surface area contributed by atoms with E-state index in [-0.39, 0.29) is 5.69 Å². The van der Waals surface area contributed by atoms with E-state index in [9.17, 15) is 30.7 Å². The summed E-state index contributed by atoms with van der Waals surface area (Å²) in [5, 5.41) is 11.5. The predicted octanol–water partition coefficient (Wildman–Crippen LogP) is 3.67. The molecular weight excluding hydrogens is 610 g/mol. The van der Waals surface area contributed by atoms with Crippen LogP contribution in [0.25, 0.3) is 11.4 Å². The second kappa shape index (κ2) is 11.2. The van der Waals surface area contributed by atoms with Crippen LogP contribution in [0.5, 0.6) is 0 Å². The van der Waals surface area contributed by atoms with E-state index in [1.165, 1.54) is 16.9 Å². The van der Waals surface area contributed by atoms with Crippen LogP contribution in [-0.2, 0) is 20.2 Å². The van der Waals surface area contributed by atoms with E-state index < -0.39 is 41.5 Å². The molecule has 1 aliphatic rings. The summed E-state index contributed by atoms with van der Waals surface area (Å²) in [5.74, 6) is -0.148. The predicted molar refractivity (Wildman–Crippen MR) is 164 cm³/mol. The molecule has 44 heavy (non-hydrogen) atoms. The summed E-state index contributed by atoms with van der Waals surface area (Å²) in [5.41, 5.74) is 3.88. The second-order valence-electron chi connectivity index (χ2n) is 9.92. The number of nitrogens with zero attached hydrogens (tertiary/aromatic N) is 6. The zero-order valence-corrected chi connectivity index (χ0v) is 25.1. The maximum atomic E-state index is 12.8. The second-order valence-corrected chi connectivity index (χ2v) is 12.8. The molecule has 226 valence electrons. The minimum absolute atomic E-state index is 0.266. The van der Waals surface area contributed by atoms with Gasteiger partial charge in [-0.1, -0.05) is 6.58 Å². The van der Waals surface area contributed by atoms with Crippen molar-refractivity contribution in [1.29, 1.82) is 0 Å². The van der Waals surface area contributed by atoms with Gasteiger partial charge in [-0.15, -0.1) is 15.0 Å². The smallest absolute Gasteiger partial charge is 0.294 e. The minimum Gasteiger partial charge on any atom is -0.378 e. The Balaban J connectivity index is 1.40. The van der Waals surface area contributed by atoms with Gasteiger partial charge in [0.1, 0.15) is 11.4 Å². The van der Waals surface area contributed by atoms with Crippen LogP contribution in [0.3, 0.4) is 0 Å². The van der Waals surface area contributed by atoms with Crippen LogP contribution in [-0.4, -0.2) is 72.2 Å². The van der Waals surface area contributed by atoms with Crippen molar-refractivity contribution in [3.8, 4) is 11.4 Å². The summed E-state index contributed by atoms with van der Waals surface area (Å²) >= 11 is 0. The van der Waals surface area contributed by atoms with Crippen LogP contribution in [0.1, 0.15) is 23.1 Å². The quantitative estimate of drug-likeness (QED) is 0.240. The third-order valence-electron chi connectivity index (χ3n) is 6.37. The molecule has 1 aliphatic heterocycles. The third kappa shape index (κ3) is 6.32. The summed E-state index contributed by atoms with van der Waals surface area (Å²) in [6.07, 6.45) is 0. The van der Waals surface area contributed by atoms with E-state index in [1.807, 2.05) is 50.2 Å². The van der Waals surface area contributed by atoms with Crippen LogP contribution < -0.4 is 10.2 Å². The van der Waals surface area contributed by atoms with Crippen LogP contribution >= 0.6 is 0 Å². The molecule has 0 atom stereocenters. The van der Waals surface area contributed by atoms with E-state index in [2.05, 4.69) is 27.1 Å². The lowest BCUT2D eigenvalue weighted by molar-refractivity contribution is 0.102. The highest BCUT2D eigenvalue weighted by molar-refractivity contribution is 7.86. The number of hydrogen-bond donors (Lipinski definition) is 3. The lowest BCUT2D eigenvalue weighted by Gasteiger charge is -2.11. The average molecular weight is 636 g/mol. The summed E-state index contributed by atoms with van der Waals surface area (Å²) < 4.78 is 65.0. The maximum Gasteiger partial charge on any atom is 0.294 e. The highest BCUT2D eigenvalue weighted by Crippen LogP contribution is 2.26. The molecule has 1 aromatic heterocycles. The van der Waals surface area contributed by atoms with Crippen molar-refractivity contribution in [2.24, 2.45) is 10.1 Å². The van der Waals surface area contributed by atoms with Crippen molar-refractivity contribution in [1.82, 2.24) is 14.9 Å². The lowest BCUT2D eigenvalue weighted by Crippen LogP contribution is -2.14. The molecule has 16 heteroatoms. The Kier molecular flexibility index (Phi) is 7.77. The van der Waals surface area contributed by atoms with Gasteiger partial charge in [0.05, 0.1) is 15.5 Å². The Bertz CT molecular complexity index is 2050. The molecule has 5 rings (SSSR count). The largest absolute Gasteiger partial charge is 0.378 e. The normalized spacial score (nSPS) is 13.8. The zero-order valence-electron chi connectivity index (χ0n) is 23.5. The Hall–Kier alpha value is -5.03. The van der Waals surface area contributed by atoms with E-state index in [4.69, 9.17) is 4.99 Å². The highest BCUT2D eigenvalue weighted by atomic mass is 32.2. The number of hydrogen-bond acceptors (Lipinski definition) is 10. The number of carbonyl (C=O) groups excluding carboxylic acids is 1. The van der Waals surface area contributed by atoms with Crippen molar-refractivity contribution < 1.29 is 30.7 Å². The summed E-state index contributed by atoms with van der Waals surface area (Å²) in [6, 6.07) is 16.0. The molecular formula is C28H25N7O7S2. The van der Waals surface area contributed by atoms with Gasteiger partial charge in [0.15, 0.2) is 5.82 Å². The van der Waals surface area contributed by atoms with Gasteiger partial charge in [-0.05, 0) is 79.2 Å². The summed E-state index contributed by atoms with van der Waals surface area (Å²) in [6.45, 7) is 5.80. The number of benzene rings is 3. The van der Waals surface area contributed by atoms with Crippen molar-refractivity contribution in [2.45, 2.75) is 16.7 Å². The van der Waals surface area contributed by atoms with E-state index in [0.29, 0.717) is 46.0 Å². The fraction of sp³-hybridized carbons (Fsp3) is 0.107. The van der Waals surface area contributed by atoms with Crippen LogP contribution in [0.15, 0.2) is 98.8 Å². The number of aromatic nitrogens is 3. The molecule has 0 fully saturated rings. The van der Waals surface area contributed by atoms with Crippen molar-refractivity contribution >= 4 is 54.6 Å². The van der Waals surface area contributed by atoms with Gasteiger partial charge in [0.25, 0.3) is 26.1 Å². The number of fused-ring (bicyclic) bond motifs is 1. The number of rotatable bonds is 8. The number of aliphatic imine (C=N–C) groups is 1. The molecule has 0 bridgehead atoms. The van der Waals surface area contributed by atoms with Crippen molar-refractivity contribution in [3.63, 3.8) is 0 Å². The fourth-order valence-electron chi connectivity index (χ4n) is 4.14. The Labute approximate surface area is 252 Å². The maximum absolute atomic E-state index is 12.8. The number of nitrogens with one attached hydrogen (secondary N) is 1. The van der Waals surface area contributed by atoms with Gasteiger partial charge < -0.3 is 10.2 Å². The Morgan fingerprint density at radius 1 is 0.932 bits per heavy atom. The van der Waals surface area contributed by atoms with Crippen molar-refractivity contribution in [3.05, 3.63) is 90.3 Å². The lowest BCUT2D eigenvalue weighted by atomic mass is 10.1. The molecule has 0 saturated heterocycles. The van der Waals surface area contributed by atoms with Crippen molar-refractivity contribution in [2.75, 3.05) is 24.3 Å². The van der Waals surface area contributed by atoms with Gasteiger partial charge in [-0.3, -0.25) is 13.9 Å². The molecule has 3 N–H and O–H groups in total. The van der Waals surface area contributed by atoms with Crippen LogP contribution in [0.4, 0.5) is 17.1 Å². The molecule has 0 aliphatic carbocycles. The first-order valence-electron chi connectivity index (χ1n) is 12.7. The number of carbonyl (C=O) groups is 1. The summed E-state index contributed by atoms with van der Waals surface area (Å²) in [4.78, 5) is 23.8. The number of amides is 1. The molecule has 1 amide bonds. The first-order chi connectivity index (χ1) is 20.6. The first-order valence-corrected chi connectivity index (χ1v) is 15.6. The molecule has 0 spiro atoms. The third-order valence-corrected chi connectivity index (χ3v) is 8.03. The molecule has 0 unspecified atom stereocenters. The van der Waals surface area contributed by atoms with Gasteiger partial charge in [0, 0.05) is 36.6 Å². The fourth-order valence-corrected chi connectivity index (χ4v) is 5.32. The first kappa shape index (κ1) is 30.4. The molecule has 0 radical (unpaired) electrons. The van der Waals surface area contributed by atoms with Gasteiger partial charge in [-0.25, -0.2) is 9.98 Å². The number of allylic oxidation sites excluding steroid dienone is 1. The SMILES string of the molecule is C=C(C)C1=Nn2nc(-c3ccc(NC(=O)c4cc(S(=O)(=O)O)cc(S(=O)(=O)O)c4)cc3)nc2/C1=N\c1ccc(N(C)C)cc1. The van der Waals surface area contributed by atoms with Gasteiger partial charge >= 0.3 is 0 Å². The average Bonchev–Trinajstić information content (AvgIpc) is 3.52. The molecule has 2 heterocycles. The van der Waals surface area contributed by atoms with E-state index in [0.717, 1.165) is 17.8 Å². The van der Waals surface area contributed by atoms with Gasteiger partial charge in [-0.2, -0.15) is 16.8 Å². The monoisotopic (exact) mass is 635 g/mol. The number of anilines is 2. The van der Waals surface area contributed by atoms with E-state index in [1.54, 1.807) is 12.1 Å². The zero-order chi connectivity index (χ0) is 32.0. The van der Waals surface area contributed by atoms with Crippen LogP contribution in [0.2, 0.25) is 0 Å².